The molecular formula is C37H60N4O16. The van der Waals surface area contributed by atoms with Crippen LogP contribution in [0.2, 0.25) is 0 Å². The number of aromatic amines is 1. The standard InChI is InChI=1S/C37H60N4O16/c1-18(2)12-10-8-6-4-5-7-9-11-13-23(45)39-26-30(50)27(47)21(54-36(26)57-35-25(38-19(3)43)29(49)28(48)22(17-42)55-35)16-20(44)33-31(51)32(52)34(56-33)41-15-14-24(46)40-37(41)53/h11,13-15,18,20-22,25-36,42,44,47-52H,4-10,12,16-17H2,1-3H3,(H,38,43)(H,39,45)(H,40,46,53)/b13-11+/t20-,21-,22+,25+,26-,27+,28+,29+,30-,31+,32-,33?,34-,35+,36+/m1/s1. The van der Waals surface area contributed by atoms with Crippen LogP contribution < -0.4 is 21.9 Å². The van der Waals surface area contributed by atoms with E-state index in [1.54, 1.807) is 6.08 Å². The molecule has 57 heavy (non-hydrogen) atoms. The van der Waals surface area contributed by atoms with Gasteiger partial charge in [0, 0.05) is 25.6 Å². The van der Waals surface area contributed by atoms with Crippen molar-refractivity contribution in [3.05, 3.63) is 45.3 Å². The van der Waals surface area contributed by atoms with Gasteiger partial charge in [0.25, 0.3) is 5.56 Å². The normalized spacial score (nSPS) is 35.1. The molecule has 4 rings (SSSR count). The lowest BCUT2D eigenvalue weighted by atomic mass is 9.91. The largest absolute Gasteiger partial charge is 0.394 e. The third-order valence-electron chi connectivity index (χ3n) is 10.5. The molecule has 3 saturated heterocycles. The molecule has 0 saturated carbocycles. The topological polar surface area (TPSA) is 312 Å². The van der Waals surface area contributed by atoms with Gasteiger partial charge in [-0.15, -0.1) is 0 Å². The maximum Gasteiger partial charge on any atom is 0.330 e. The van der Waals surface area contributed by atoms with E-state index in [0.717, 1.165) is 49.4 Å². The van der Waals surface area contributed by atoms with Gasteiger partial charge in [0.15, 0.2) is 18.8 Å². The second-order valence-electron chi connectivity index (χ2n) is 15.4. The summed E-state index contributed by atoms with van der Waals surface area (Å²) in [5.74, 6) is -0.665. The van der Waals surface area contributed by atoms with Gasteiger partial charge in [-0.3, -0.25) is 23.9 Å². The van der Waals surface area contributed by atoms with Crippen molar-refractivity contribution < 1.29 is 69.4 Å². The van der Waals surface area contributed by atoms with E-state index in [0.29, 0.717) is 12.3 Å². The second kappa shape index (κ2) is 21.8. The molecule has 1 aromatic heterocycles. The maximum atomic E-state index is 13.1. The molecule has 4 heterocycles. The Kier molecular flexibility index (Phi) is 17.8. The molecule has 0 aliphatic carbocycles. The average molecular weight is 817 g/mol. The van der Waals surface area contributed by atoms with Crippen molar-refractivity contribution in [1.82, 2.24) is 20.2 Å². The van der Waals surface area contributed by atoms with Crippen molar-refractivity contribution in [2.24, 2.45) is 5.92 Å². The first-order valence-corrected chi connectivity index (χ1v) is 19.6. The van der Waals surface area contributed by atoms with Gasteiger partial charge in [-0.1, -0.05) is 58.4 Å². The number of allylic oxidation sites excluding steroid dienone is 1. The van der Waals surface area contributed by atoms with Crippen LogP contribution in [-0.4, -0.2) is 155 Å². The van der Waals surface area contributed by atoms with Crippen LogP contribution >= 0.6 is 0 Å². The zero-order valence-corrected chi connectivity index (χ0v) is 32.4. The van der Waals surface area contributed by atoms with Gasteiger partial charge >= 0.3 is 5.69 Å². The fourth-order valence-corrected chi connectivity index (χ4v) is 7.27. The molecule has 2 amide bonds. The van der Waals surface area contributed by atoms with Crippen LogP contribution in [0, 0.1) is 5.92 Å². The number of carbonyl (C=O) groups is 2. The van der Waals surface area contributed by atoms with Gasteiger partial charge in [0.1, 0.15) is 60.9 Å². The molecule has 324 valence electrons. The van der Waals surface area contributed by atoms with E-state index >= 15 is 0 Å². The first-order chi connectivity index (χ1) is 27.0. The number of rotatable bonds is 19. The smallest absolute Gasteiger partial charge is 0.330 e. The predicted molar refractivity (Wildman–Crippen MR) is 198 cm³/mol. The Labute approximate surface area is 329 Å². The minimum absolute atomic E-state index is 0.598. The number of unbranched alkanes of at least 4 members (excludes halogenated alkanes) is 6. The third kappa shape index (κ3) is 12.4. The minimum atomic E-state index is -1.85. The first-order valence-electron chi connectivity index (χ1n) is 19.6. The fraction of sp³-hybridized carbons (Fsp3) is 0.784. The number of hydrogen-bond acceptors (Lipinski definition) is 16. The van der Waals surface area contributed by atoms with E-state index in [-0.39, 0.29) is 0 Å². The summed E-state index contributed by atoms with van der Waals surface area (Å²) in [6, 6.07) is -2.01. The highest BCUT2D eigenvalue weighted by Gasteiger charge is 2.53. The summed E-state index contributed by atoms with van der Waals surface area (Å²) >= 11 is 0. The second-order valence-corrected chi connectivity index (χ2v) is 15.4. The molecule has 0 aromatic carbocycles. The molecular weight excluding hydrogens is 756 g/mol. The molecule has 20 heteroatoms. The number of nitrogens with zero attached hydrogens (tertiary/aromatic N) is 1. The molecule has 3 aliphatic heterocycles. The highest BCUT2D eigenvalue weighted by Crippen LogP contribution is 2.34. The number of ether oxygens (including phenoxy) is 4. The van der Waals surface area contributed by atoms with Crippen molar-refractivity contribution in [2.45, 2.75) is 170 Å². The Morgan fingerprint density at radius 2 is 1.44 bits per heavy atom. The van der Waals surface area contributed by atoms with E-state index in [1.165, 1.54) is 25.3 Å². The number of aliphatic hydroxyl groups excluding tert-OH is 8. The summed E-state index contributed by atoms with van der Waals surface area (Å²) in [5.41, 5.74) is -1.68. The summed E-state index contributed by atoms with van der Waals surface area (Å²) in [4.78, 5) is 51.0. The van der Waals surface area contributed by atoms with Gasteiger partial charge in [0.05, 0.1) is 18.8 Å². The van der Waals surface area contributed by atoms with Crippen molar-refractivity contribution in [3.8, 4) is 0 Å². The summed E-state index contributed by atoms with van der Waals surface area (Å²) in [6.07, 6.45) is -10.3. The zero-order valence-electron chi connectivity index (χ0n) is 32.4. The summed E-state index contributed by atoms with van der Waals surface area (Å²) in [7, 11) is 0. The summed E-state index contributed by atoms with van der Waals surface area (Å²) in [5, 5.41) is 91.3. The lowest BCUT2D eigenvalue weighted by Gasteiger charge is -2.47. The van der Waals surface area contributed by atoms with Gasteiger partial charge in [0.2, 0.25) is 11.8 Å². The molecule has 0 bridgehead atoms. The number of carbonyl (C=O) groups excluding carboxylic acids is 2. The third-order valence-corrected chi connectivity index (χ3v) is 10.5. The minimum Gasteiger partial charge on any atom is -0.394 e. The molecule has 1 aromatic rings. The Bertz CT molecular complexity index is 1570. The number of nitrogens with one attached hydrogen (secondary N) is 3. The summed E-state index contributed by atoms with van der Waals surface area (Å²) < 4.78 is 24.1. The number of aliphatic hydroxyl groups is 8. The predicted octanol–water partition coefficient (Wildman–Crippen LogP) is -2.87. The van der Waals surface area contributed by atoms with Crippen LogP contribution in [0.15, 0.2) is 34.0 Å². The number of H-pyrrole nitrogens is 1. The van der Waals surface area contributed by atoms with E-state index in [9.17, 15) is 60.0 Å². The monoisotopic (exact) mass is 816 g/mol. The number of aromatic nitrogens is 2. The molecule has 11 N–H and O–H groups in total. The molecule has 0 spiro atoms. The van der Waals surface area contributed by atoms with Gasteiger partial charge < -0.3 is 70.4 Å². The molecule has 0 radical (unpaired) electrons. The van der Waals surface area contributed by atoms with Crippen LogP contribution in [0.1, 0.15) is 84.8 Å². The van der Waals surface area contributed by atoms with Crippen LogP contribution in [0.4, 0.5) is 0 Å². The van der Waals surface area contributed by atoms with Crippen LogP contribution in [-0.2, 0) is 28.5 Å². The van der Waals surface area contributed by atoms with E-state index < -0.39 is 128 Å². The van der Waals surface area contributed by atoms with Crippen LogP contribution in [0.3, 0.4) is 0 Å². The molecule has 20 nitrogen and oxygen atoms in total. The maximum absolute atomic E-state index is 13.1. The lowest BCUT2D eigenvalue weighted by molar-refractivity contribution is -0.346. The van der Waals surface area contributed by atoms with Crippen LogP contribution in [0.25, 0.3) is 0 Å². The highest BCUT2D eigenvalue weighted by atomic mass is 16.8. The van der Waals surface area contributed by atoms with Gasteiger partial charge in [-0.25, -0.2) is 4.79 Å². The van der Waals surface area contributed by atoms with Crippen molar-refractivity contribution in [3.63, 3.8) is 0 Å². The number of hydrogen-bond donors (Lipinski definition) is 11. The Morgan fingerprint density at radius 3 is 2.05 bits per heavy atom. The van der Waals surface area contributed by atoms with E-state index in [4.69, 9.17) is 18.9 Å². The zero-order chi connectivity index (χ0) is 42.0. The average Bonchev–Trinajstić information content (AvgIpc) is 3.45. The Morgan fingerprint density at radius 1 is 0.842 bits per heavy atom. The first kappa shape index (κ1) is 46.6. The number of amides is 2. The van der Waals surface area contributed by atoms with Crippen molar-refractivity contribution in [1.29, 1.82) is 0 Å². The molecule has 3 fully saturated rings. The Hall–Kier alpha value is -3.12. The lowest BCUT2D eigenvalue weighted by Crippen LogP contribution is -2.68. The molecule has 1 unspecified atom stereocenters. The van der Waals surface area contributed by atoms with Crippen LogP contribution in [0.5, 0.6) is 0 Å². The molecule has 15 atom stereocenters. The molecule has 3 aliphatic rings. The van der Waals surface area contributed by atoms with Crippen molar-refractivity contribution >= 4 is 11.8 Å². The van der Waals surface area contributed by atoms with Gasteiger partial charge in [-0.2, -0.15) is 0 Å². The SMILES string of the molecule is CC(=O)N[C@@H]1[C@H](O[C@@H]2O[C@H](C[C@@H](O)C3O[C@@H](n4ccc(=O)[nH]c4=O)[C@H](O)[C@@H]3O)[C@H](O)[C@H](O)[C@H]2NC(=O)/C=C/CCCCCCCCC(C)C)O[C@@H](CO)[C@H](O)[C@H]1O. The quantitative estimate of drug-likeness (QED) is 0.0494. The van der Waals surface area contributed by atoms with E-state index in [2.05, 4.69) is 24.5 Å². The van der Waals surface area contributed by atoms with E-state index in [1.807, 2.05) is 4.98 Å². The fourth-order valence-electron chi connectivity index (χ4n) is 7.27. The highest BCUT2D eigenvalue weighted by molar-refractivity contribution is 5.87. The van der Waals surface area contributed by atoms with Gasteiger partial charge in [-0.05, 0) is 24.8 Å². The summed E-state index contributed by atoms with van der Waals surface area (Å²) in [6.45, 7) is 4.75. The Balaban J connectivity index is 1.48. The van der Waals surface area contributed by atoms with Crippen molar-refractivity contribution in [2.75, 3.05) is 6.61 Å².